The zero-order chi connectivity index (χ0) is 17.9. The molecular weight excluding hydrogens is 340 g/mol. The lowest BCUT2D eigenvalue weighted by Gasteiger charge is -1.97. The van der Waals surface area contributed by atoms with Crippen LogP contribution in [0, 0.1) is 0 Å². The van der Waals surface area contributed by atoms with E-state index in [0.29, 0.717) is 11.4 Å². The summed E-state index contributed by atoms with van der Waals surface area (Å²) < 4.78 is 11.8. The fraction of sp³-hybridized carbons (Fsp3) is 0.429. The smallest absolute Gasteiger partial charge is 0.327 e. The van der Waals surface area contributed by atoms with Gasteiger partial charge in [0, 0.05) is 23.5 Å². The number of halogens is 1. The minimum atomic E-state index is -0.359. The van der Waals surface area contributed by atoms with E-state index in [1.807, 2.05) is 0 Å². The van der Waals surface area contributed by atoms with Crippen LogP contribution in [-0.4, -0.2) is 50.8 Å². The van der Waals surface area contributed by atoms with Crippen LogP contribution >= 0.6 is 11.6 Å². The van der Waals surface area contributed by atoms with Crippen LogP contribution in [0.5, 0.6) is 0 Å². The molecular formula is C14H19ClN4O5. The lowest BCUT2D eigenvalue weighted by molar-refractivity contribution is -0.142. The molecule has 2 heterocycles. The van der Waals surface area contributed by atoms with Crippen LogP contribution in [0.25, 0.3) is 0 Å². The van der Waals surface area contributed by atoms with Gasteiger partial charge in [0.25, 0.3) is 0 Å². The lowest BCUT2D eigenvalue weighted by atomic mass is 10.4. The topological polar surface area (TPSA) is 108 Å². The SMILES string of the molecule is COC(=O)Cn1cc(CCl)cn1.COC(=O)Cn1cc(CO)cn1. The van der Waals surface area contributed by atoms with Crippen molar-refractivity contribution in [3.63, 3.8) is 0 Å². The van der Waals surface area contributed by atoms with Crippen molar-refractivity contribution in [3.8, 4) is 0 Å². The van der Waals surface area contributed by atoms with Crippen molar-refractivity contribution in [2.24, 2.45) is 0 Å². The van der Waals surface area contributed by atoms with Crippen LogP contribution in [0.15, 0.2) is 24.8 Å². The first-order chi connectivity index (χ1) is 11.5. The monoisotopic (exact) mass is 358 g/mol. The fourth-order valence-corrected chi connectivity index (χ4v) is 1.67. The van der Waals surface area contributed by atoms with Crippen molar-refractivity contribution in [3.05, 3.63) is 35.9 Å². The Labute approximate surface area is 143 Å². The predicted molar refractivity (Wildman–Crippen MR) is 84.0 cm³/mol. The maximum absolute atomic E-state index is 10.8. The first-order valence-electron chi connectivity index (χ1n) is 6.85. The quantitative estimate of drug-likeness (QED) is 0.586. The molecule has 2 rings (SSSR count). The van der Waals surface area contributed by atoms with Crippen molar-refractivity contribution in [2.75, 3.05) is 14.2 Å². The Morgan fingerprint density at radius 3 is 1.83 bits per heavy atom. The van der Waals surface area contributed by atoms with Crippen LogP contribution in [0.1, 0.15) is 11.1 Å². The van der Waals surface area contributed by atoms with E-state index in [-0.39, 0.29) is 31.6 Å². The minimum Gasteiger partial charge on any atom is -0.468 e. The van der Waals surface area contributed by atoms with Crippen molar-refractivity contribution in [1.29, 1.82) is 0 Å². The summed E-state index contributed by atoms with van der Waals surface area (Å²) in [7, 11) is 2.66. The van der Waals surface area contributed by atoms with Crippen LogP contribution in [-0.2, 0) is 44.6 Å². The second kappa shape index (κ2) is 10.4. The molecule has 0 aliphatic heterocycles. The number of carbonyl (C=O) groups is 2. The molecule has 0 saturated carbocycles. The highest BCUT2D eigenvalue weighted by molar-refractivity contribution is 6.17. The summed E-state index contributed by atoms with van der Waals surface area (Å²) in [4.78, 5) is 21.5. The molecule has 0 bridgehead atoms. The highest BCUT2D eigenvalue weighted by Crippen LogP contribution is 2.01. The van der Waals surface area contributed by atoms with Gasteiger partial charge in [0.2, 0.25) is 0 Å². The normalized spacial score (nSPS) is 9.83. The molecule has 0 aliphatic carbocycles. The van der Waals surface area contributed by atoms with Gasteiger partial charge >= 0.3 is 11.9 Å². The Hall–Kier alpha value is -2.39. The van der Waals surface area contributed by atoms with E-state index in [9.17, 15) is 9.59 Å². The number of ether oxygens (including phenoxy) is 2. The molecule has 2 aromatic rings. The van der Waals surface area contributed by atoms with Gasteiger partial charge < -0.3 is 14.6 Å². The molecule has 0 radical (unpaired) electrons. The molecule has 10 heteroatoms. The number of alkyl halides is 1. The minimum absolute atomic E-state index is 0.0683. The maximum atomic E-state index is 10.8. The number of carbonyl (C=O) groups excluding carboxylic acids is 2. The highest BCUT2D eigenvalue weighted by atomic mass is 35.5. The van der Waals surface area contributed by atoms with Gasteiger partial charge in [0.05, 0.1) is 39.1 Å². The lowest BCUT2D eigenvalue weighted by Crippen LogP contribution is -2.11. The van der Waals surface area contributed by atoms with E-state index >= 15 is 0 Å². The van der Waals surface area contributed by atoms with Crippen LogP contribution in [0.3, 0.4) is 0 Å². The van der Waals surface area contributed by atoms with Crippen LogP contribution in [0.2, 0.25) is 0 Å². The van der Waals surface area contributed by atoms with Gasteiger partial charge in [-0.2, -0.15) is 10.2 Å². The molecule has 0 fully saturated rings. The van der Waals surface area contributed by atoms with E-state index in [0.717, 1.165) is 5.56 Å². The molecule has 24 heavy (non-hydrogen) atoms. The van der Waals surface area contributed by atoms with E-state index < -0.39 is 0 Å². The molecule has 0 aliphatic rings. The Morgan fingerprint density at radius 1 is 1.04 bits per heavy atom. The van der Waals surface area contributed by atoms with Crippen molar-refractivity contribution >= 4 is 23.5 Å². The first kappa shape index (κ1) is 19.7. The van der Waals surface area contributed by atoms with Crippen LogP contribution in [0.4, 0.5) is 0 Å². The Morgan fingerprint density at radius 2 is 1.50 bits per heavy atom. The van der Waals surface area contributed by atoms with Crippen LogP contribution < -0.4 is 0 Å². The van der Waals surface area contributed by atoms with Crippen molar-refractivity contribution in [1.82, 2.24) is 19.6 Å². The number of hydrogen-bond donors (Lipinski definition) is 1. The third-order valence-electron chi connectivity index (χ3n) is 2.75. The summed E-state index contributed by atoms with van der Waals surface area (Å²) in [5, 5.41) is 16.4. The summed E-state index contributed by atoms with van der Waals surface area (Å²) in [6.45, 7) is 0.144. The van der Waals surface area contributed by atoms with Gasteiger partial charge in [0.1, 0.15) is 13.1 Å². The molecule has 0 unspecified atom stereocenters. The predicted octanol–water partition coefficient (Wildman–Crippen LogP) is 0.343. The number of nitrogens with zero attached hydrogens (tertiary/aromatic N) is 4. The first-order valence-corrected chi connectivity index (χ1v) is 7.39. The van der Waals surface area contributed by atoms with E-state index in [4.69, 9.17) is 16.7 Å². The van der Waals surface area contributed by atoms with Gasteiger partial charge in [-0.15, -0.1) is 11.6 Å². The molecule has 0 spiro atoms. The molecule has 0 aromatic carbocycles. The Bertz CT molecular complexity index is 599. The summed E-state index contributed by atoms with van der Waals surface area (Å²) in [5.74, 6) is -0.275. The summed E-state index contributed by atoms with van der Waals surface area (Å²) in [5.41, 5.74) is 1.57. The Kier molecular flexibility index (Phi) is 8.52. The molecule has 0 saturated heterocycles. The zero-order valence-electron chi connectivity index (χ0n) is 13.4. The fourth-order valence-electron chi connectivity index (χ4n) is 1.53. The highest BCUT2D eigenvalue weighted by Gasteiger charge is 2.03. The average molecular weight is 359 g/mol. The maximum Gasteiger partial charge on any atom is 0.327 e. The number of methoxy groups -OCH3 is 2. The number of aromatic nitrogens is 4. The second-order valence-electron chi connectivity index (χ2n) is 4.54. The zero-order valence-corrected chi connectivity index (χ0v) is 14.1. The number of esters is 2. The van der Waals surface area contributed by atoms with E-state index in [1.54, 1.807) is 18.6 Å². The number of rotatable bonds is 6. The second-order valence-corrected chi connectivity index (χ2v) is 4.80. The third-order valence-corrected chi connectivity index (χ3v) is 3.06. The molecule has 2 aromatic heterocycles. The summed E-state index contributed by atoms with van der Waals surface area (Å²) in [6.07, 6.45) is 6.43. The van der Waals surface area contributed by atoms with Crippen molar-refractivity contribution < 1.29 is 24.2 Å². The van der Waals surface area contributed by atoms with Crippen molar-refractivity contribution in [2.45, 2.75) is 25.6 Å². The largest absolute Gasteiger partial charge is 0.468 e. The van der Waals surface area contributed by atoms with Gasteiger partial charge in [-0.05, 0) is 0 Å². The van der Waals surface area contributed by atoms with Gasteiger partial charge in [-0.1, -0.05) is 0 Å². The van der Waals surface area contributed by atoms with Gasteiger partial charge in [-0.3, -0.25) is 19.0 Å². The molecule has 1 N–H and O–H groups in total. The van der Waals surface area contributed by atoms with E-state index in [1.165, 1.54) is 29.8 Å². The number of aliphatic hydroxyl groups is 1. The van der Waals surface area contributed by atoms with Gasteiger partial charge in [-0.25, -0.2) is 0 Å². The summed E-state index contributed by atoms with van der Waals surface area (Å²) in [6, 6.07) is 0. The third kappa shape index (κ3) is 6.80. The standard InChI is InChI=1S/C7H9ClN2O2.C7H10N2O3/c1-12-7(11)5-10-4-6(2-8)3-9-10;1-12-7(11)4-9-3-6(5-10)2-8-9/h3-4H,2,5H2,1H3;2-3,10H,4-5H2,1H3. The molecule has 132 valence electrons. The van der Waals surface area contributed by atoms with E-state index in [2.05, 4.69) is 19.7 Å². The van der Waals surface area contributed by atoms with Gasteiger partial charge in [0.15, 0.2) is 0 Å². The molecule has 9 nitrogen and oxygen atoms in total. The number of aliphatic hydroxyl groups excluding tert-OH is 1. The Balaban J connectivity index is 0.000000240. The average Bonchev–Trinajstić information content (AvgIpc) is 3.24. The molecule has 0 amide bonds. The molecule has 0 atom stereocenters. The summed E-state index contributed by atoms with van der Waals surface area (Å²) >= 11 is 5.54. The number of hydrogen-bond acceptors (Lipinski definition) is 7.